The lowest BCUT2D eigenvalue weighted by atomic mass is 10.0. The quantitative estimate of drug-likeness (QED) is 0.202. The van der Waals surface area contributed by atoms with Crippen LogP contribution in [0.1, 0.15) is 0 Å². The number of nitrogens with zero attached hydrogens (tertiary/aromatic N) is 3. The van der Waals surface area contributed by atoms with Crippen molar-refractivity contribution < 1.29 is 9.15 Å². The number of fused-ring (bicyclic) bond motifs is 8. The lowest BCUT2D eigenvalue weighted by Crippen LogP contribution is -2.23. The molecule has 0 spiro atoms. The number of pyridine rings is 1. The first-order chi connectivity index (χ1) is 21.3. The van der Waals surface area contributed by atoms with Crippen LogP contribution >= 0.6 is 0 Å². The van der Waals surface area contributed by atoms with Gasteiger partial charge in [-0.2, -0.15) is 0 Å². The van der Waals surface area contributed by atoms with Crippen LogP contribution in [-0.4, -0.2) is 11.7 Å². The summed E-state index contributed by atoms with van der Waals surface area (Å²) in [5.74, 6) is 1.55. The van der Waals surface area contributed by atoms with Gasteiger partial charge in [0.2, 0.25) is 0 Å². The average Bonchev–Trinajstić information content (AvgIpc) is 3.64. The molecule has 1 aliphatic rings. The number of furan rings is 1. The first-order valence-electron chi connectivity index (χ1n) is 14.4. The molecule has 9 rings (SSSR count). The highest BCUT2D eigenvalue weighted by Gasteiger charge is 2.27. The number of ether oxygens (including phenoxy) is 1. The molecule has 8 aromatic rings. The first kappa shape index (κ1) is 23.9. The van der Waals surface area contributed by atoms with E-state index in [4.69, 9.17) is 14.1 Å². The molecule has 204 valence electrons. The van der Waals surface area contributed by atoms with E-state index in [0.717, 1.165) is 67.5 Å². The first-order valence-corrected chi connectivity index (χ1v) is 14.4. The fraction of sp³-hybridized carbons (Fsp3) is 0.0263. The van der Waals surface area contributed by atoms with Crippen LogP contribution in [0.4, 0.5) is 22.7 Å². The standard InChI is InChI=1S/C38H25N3O2/c1-2-9-26(10-3-1)40-24-41(34-15-6-5-14-33(34)40)27-11-8-12-28(21-27)42-29-19-17-25-18-20-31-37-30-13-4-7-16-35(30)43-36(37)23-39-38(31)32(25)22-29/h1-23H,24H2. The van der Waals surface area contributed by atoms with Gasteiger partial charge in [0, 0.05) is 39.0 Å². The third kappa shape index (κ3) is 3.82. The molecule has 0 amide bonds. The zero-order valence-corrected chi connectivity index (χ0v) is 23.1. The Kier molecular flexibility index (Phi) is 5.19. The summed E-state index contributed by atoms with van der Waals surface area (Å²) in [5.41, 5.74) is 7.21. The van der Waals surface area contributed by atoms with Gasteiger partial charge >= 0.3 is 0 Å². The van der Waals surface area contributed by atoms with Gasteiger partial charge in [-0.3, -0.25) is 4.98 Å². The Bertz CT molecular complexity index is 2330. The molecule has 3 heterocycles. The van der Waals surface area contributed by atoms with E-state index in [2.05, 4.69) is 113 Å². The van der Waals surface area contributed by atoms with Crippen LogP contribution in [-0.2, 0) is 0 Å². The summed E-state index contributed by atoms with van der Waals surface area (Å²) in [4.78, 5) is 9.50. The molecule has 0 bridgehead atoms. The topological polar surface area (TPSA) is 41.7 Å². The van der Waals surface area contributed by atoms with Gasteiger partial charge in [0.05, 0.1) is 23.1 Å². The van der Waals surface area contributed by atoms with Gasteiger partial charge in [-0.15, -0.1) is 0 Å². The smallest absolute Gasteiger partial charge is 0.154 e. The van der Waals surface area contributed by atoms with E-state index in [9.17, 15) is 0 Å². The Hall–Kier alpha value is -5.81. The Morgan fingerprint density at radius 1 is 0.558 bits per heavy atom. The molecular formula is C38H25N3O2. The zero-order chi connectivity index (χ0) is 28.3. The maximum absolute atomic E-state index is 6.49. The summed E-state index contributed by atoms with van der Waals surface area (Å²) in [6, 6.07) is 46.0. The van der Waals surface area contributed by atoms with E-state index < -0.39 is 0 Å². The summed E-state index contributed by atoms with van der Waals surface area (Å²) >= 11 is 0. The second-order valence-electron chi connectivity index (χ2n) is 10.9. The van der Waals surface area contributed by atoms with Crippen molar-refractivity contribution in [1.82, 2.24) is 4.98 Å². The van der Waals surface area contributed by atoms with Gasteiger partial charge < -0.3 is 19.0 Å². The highest BCUT2D eigenvalue weighted by atomic mass is 16.5. The minimum atomic E-state index is 0.720. The van der Waals surface area contributed by atoms with Crippen LogP contribution in [0.3, 0.4) is 0 Å². The zero-order valence-electron chi connectivity index (χ0n) is 23.1. The lowest BCUT2D eigenvalue weighted by molar-refractivity contribution is 0.483. The number of aromatic nitrogens is 1. The molecule has 0 atom stereocenters. The van der Waals surface area contributed by atoms with E-state index in [1.807, 2.05) is 36.5 Å². The SMILES string of the molecule is c1ccc(N2CN(c3cccc(Oc4ccc5ccc6c(ncc7oc8ccccc8c76)c5c4)c3)c3ccccc32)cc1. The molecule has 0 aliphatic carbocycles. The summed E-state index contributed by atoms with van der Waals surface area (Å²) in [6.07, 6.45) is 1.83. The van der Waals surface area contributed by atoms with Crippen molar-refractivity contribution in [2.45, 2.75) is 0 Å². The maximum Gasteiger partial charge on any atom is 0.154 e. The Morgan fingerprint density at radius 2 is 1.28 bits per heavy atom. The number of anilines is 4. The Balaban J connectivity index is 1.09. The third-order valence-corrected chi connectivity index (χ3v) is 8.35. The lowest BCUT2D eigenvalue weighted by Gasteiger charge is -2.22. The van der Waals surface area contributed by atoms with Crippen molar-refractivity contribution in [2.24, 2.45) is 0 Å². The van der Waals surface area contributed by atoms with Crippen molar-refractivity contribution in [1.29, 1.82) is 0 Å². The summed E-state index contributed by atoms with van der Waals surface area (Å²) in [7, 11) is 0. The Morgan fingerprint density at radius 3 is 2.16 bits per heavy atom. The second kappa shape index (κ2) is 9.36. The second-order valence-corrected chi connectivity index (χ2v) is 10.9. The number of para-hydroxylation sites is 4. The van der Waals surface area contributed by atoms with Gasteiger partial charge in [0.25, 0.3) is 0 Å². The average molecular weight is 556 g/mol. The largest absolute Gasteiger partial charge is 0.457 e. The molecule has 2 aromatic heterocycles. The van der Waals surface area contributed by atoms with E-state index >= 15 is 0 Å². The van der Waals surface area contributed by atoms with Crippen molar-refractivity contribution in [3.05, 3.63) is 140 Å². The summed E-state index contributed by atoms with van der Waals surface area (Å²) in [5, 5.41) is 5.43. The molecule has 6 aromatic carbocycles. The highest BCUT2D eigenvalue weighted by molar-refractivity contribution is 6.22. The van der Waals surface area contributed by atoms with Crippen LogP contribution in [0, 0.1) is 0 Å². The summed E-state index contributed by atoms with van der Waals surface area (Å²) < 4.78 is 12.6. The molecule has 5 heteroatoms. The van der Waals surface area contributed by atoms with Crippen LogP contribution in [0.2, 0.25) is 0 Å². The van der Waals surface area contributed by atoms with Gasteiger partial charge in [-0.1, -0.05) is 72.8 Å². The number of rotatable bonds is 4. The molecule has 0 fully saturated rings. The number of hydrogen-bond donors (Lipinski definition) is 0. The molecule has 0 saturated heterocycles. The van der Waals surface area contributed by atoms with Crippen LogP contribution in [0.15, 0.2) is 144 Å². The summed E-state index contributed by atoms with van der Waals surface area (Å²) in [6.45, 7) is 0.720. The van der Waals surface area contributed by atoms with Crippen LogP contribution in [0.25, 0.3) is 43.6 Å². The molecule has 0 radical (unpaired) electrons. The van der Waals surface area contributed by atoms with Crippen molar-refractivity contribution in [2.75, 3.05) is 16.5 Å². The molecule has 0 saturated carbocycles. The van der Waals surface area contributed by atoms with Gasteiger partial charge in [-0.25, -0.2) is 0 Å². The van der Waals surface area contributed by atoms with E-state index in [1.54, 1.807) is 0 Å². The number of hydrogen-bond acceptors (Lipinski definition) is 5. The molecule has 0 unspecified atom stereocenters. The van der Waals surface area contributed by atoms with Crippen molar-refractivity contribution in [3.8, 4) is 11.5 Å². The number of benzene rings is 6. The normalized spacial score (nSPS) is 12.9. The molecular weight excluding hydrogens is 530 g/mol. The molecule has 1 aliphatic heterocycles. The minimum Gasteiger partial charge on any atom is -0.457 e. The van der Waals surface area contributed by atoms with E-state index in [1.165, 1.54) is 17.1 Å². The van der Waals surface area contributed by atoms with E-state index in [-0.39, 0.29) is 0 Å². The third-order valence-electron chi connectivity index (χ3n) is 8.35. The van der Waals surface area contributed by atoms with Crippen LogP contribution < -0.4 is 14.5 Å². The van der Waals surface area contributed by atoms with Gasteiger partial charge in [0.1, 0.15) is 23.8 Å². The van der Waals surface area contributed by atoms with Gasteiger partial charge in [-0.05, 0) is 60.0 Å². The molecule has 0 N–H and O–H groups in total. The molecule has 43 heavy (non-hydrogen) atoms. The minimum absolute atomic E-state index is 0.720. The van der Waals surface area contributed by atoms with Gasteiger partial charge in [0.15, 0.2) is 5.58 Å². The van der Waals surface area contributed by atoms with Crippen molar-refractivity contribution >= 4 is 66.4 Å². The van der Waals surface area contributed by atoms with Crippen LogP contribution in [0.5, 0.6) is 11.5 Å². The fourth-order valence-electron chi connectivity index (χ4n) is 6.36. The maximum atomic E-state index is 6.49. The fourth-order valence-corrected chi connectivity index (χ4v) is 6.36. The Labute approximate surface area is 247 Å². The highest BCUT2D eigenvalue weighted by Crippen LogP contribution is 2.45. The predicted molar refractivity (Wildman–Crippen MR) is 175 cm³/mol. The van der Waals surface area contributed by atoms with E-state index in [0.29, 0.717) is 0 Å². The molecule has 5 nitrogen and oxygen atoms in total. The monoisotopic (exact) mass is 555 g/mol. The van der Waals surface area contributed by atoms with Crippen molar-refractivity contribution in [3.63, 3.8) is 0 Å². The predicted octanol–water partition coefficient (Wildman–Crippen LogP) is 10.3.